The van der Waals surface area contributed by atoms with Crippen LogP contribution in [0.4, 0.5) is 0 Å². The number of benzene rings is 1. The number of hydrogen-bond acceptors (Lipinski definition) is 7. The van der Waals surface area contributed by atoms with Crippen LogP contribution in [0.3, 0.4) is 0 Å². The van der Waals surface area contributed by atoms with Crippen LogP contribution >= 0.6 is 34.3 Å². The van der Waals surface area contributed by atoms with Gasteiger partial charge in [-0.3, -0.25) is 9.59 Å². The number of aromatic nitrogens is 1. The summed E-state index contributed by atoms with van der Waals surface area (Å²) in [6.45, 7) is 0.670. The van der Waals surface area contributed by atoms with Gasteiger partial charge in [0.2, 0.25) is 0 Å². The summed E-state index contributed by atoms with van der Waals surface area (Å²) in [5.41, 5.74) is 3.21. The van der Waals surface area contributed by atoms with Crippen LogP contribution in [-0.4, -0.2) is 50.7 Å². The van der Waals surface area contributed by atoms with E-state index in [4.69, 9.17) is 16.6 Å². The van der Waals surface area contributed by atoms with Crippen molar-refractivity contribution in [3.63, 3.8) is 0 Å². The van der Waals surface area contributed by atoms with Crippen molar-refractivity contribution in [2.24, 2.45) is 0 Å². The van der Waals surface area contributed by atoms with Gasteiger partial charge in [0.25, 0.3) is 11.8 Å². The summed E-state index contributed by atoms with van der Waals surface area (Å²) in [5.74, 6) is -1.41. The quantitative estimate of drug-likeness (QED) is 0.401. The zero-order valence-corrected chi connectivity index (χ0v) is 22.0. The van der Waals surface area contributed by atoms with Crippen molar-refractivity contribution < 1.29 is 19.8 Å². The fourth-order valence-electron chi connectivity index (χ4n) is 4.84. The highest BCUT2D eigenvalue weighted by Gasteiger charge is 2.40. The number of halogens is 1. The Hall–Kier alpha value is -2.30. The van der Waals surface area contributed by atoms with Gasteiger partial charge in [0.1, 0.15) is 5.01 Å². The van der Waals surface area contributed by atoms with E-state index < -0.39 is 24.0 Å². The molecule has 2 aromatic heterocycles. The Bertz CT molecular complexity index is 1240. The largest absolute Gasteiger partial charge is 0.380 e. The van der Waals surface area contributed by atoms with Crippen LogP contribution in [0, 0.1) is 0 Å². The minimum Gasteiger partial charge on any atom is -0.380 e. The molecule has 1 aliphatic heterocycles. The monoisotopic (exact) mass is 545 g/mol. The maximum absolute atomic E-state index is 13.0. The highest BCUT2D eigenvalue weighted by molar-refractivity contribution is 7.11. The molecule has 0 radical (unpaired) electrons. The van der Waals surface area contributed by atoms with Gasteiger partial charge in [-0.1, -0.05) is 29.8 Å². The second kappa shape index (κ2) is 11.0. The van der Waals surface area contributed by atoms with Gasteiger partial charge in [-0.15, -0.1) is 22.7 Å². The number of nitrogens with zero attached hydrogens (tertiary/aromatic N) is 2. The van der Waals surface area contributed by atoms with Crippen molar-refractivity contribution in [3.05, 3.63) is 72.3 Å². The fourth-order valence-corrected chi connectivity index (χ4v) is 7.17. The van der Waals surface area contributed by atoms with Crippen LogP contribution in [0.1, 0.15) is 56.9 Å². The number of amides is 2. The number of fused-ring (bicyclic) bond motifs is 1. The number of nitrogens with one attached hydrogen (secondary N) is 1. The van der Waals surface area contributed by atoms with Crippen molar-refractivity contribution in [2.45, 2.75) is 63.3 Å². The zero-order valence-electron chi connectivity index (χ0n) is 19.7. The van der Waals surface area contributed by atoms with Gasteiger partial charge >= 0.3 is 0 Å². The molecule has 3 heterocycles. The summed E-state index contributed by atoms with van der Waals surface area (Å²) in [6, 6.07) is 9.42. The van der Waals surface area contributed by atoms with Gasteiger partial charge in [0.15, 0.2) is 12.2 Å². The van der Waals surface area contributed by atoms with Crippen molar-refractivity contribution in [1.29, 1.82) is 0 Å². The summed E-state index contributed by atoms with van der Waals surface area (Å²) >= 11 is 9.37. The Labute approximate surface area is 222 Å². The number of likely N-dealkylation sites (tertiary alicyclic amines) is 1. The molecule has 3 aromatic rings. The first-order valence-electron chi connectivity index (χ1n) is 12.1. The Morgan fingerprint density at radius 3 is 2.83 bits per heavy atom. The lowest BCUT2D eigenvalue weighted by molar-refractivity contribution is -0.153. The smallest absolute Gasteiger partial charge is 0.255 e. The van der Waals surface area contributed by atoms with Crippen molar-refractivity contribution in [1.82, 2.24) is 15.2 Å². The Morgan fingerprint density at radius 1 is 1.19 bits per heavy atom. The molecule has 1 fully saturated rings. The van der Waals surface area contributed by atoms with Crippen LogP contribution in [0.2, 0.25) is 5.02 Å². The first kappa shape index (κ1) is 25.4. The number of carbonyl (C=O) groups excluding carboxylic acids is 2. The van der Waals surface area contributed by atoms with Crippen molar-refractivity contribution in [2.75, 3.05) is 6.54 Å². The number of thiophene rings is 1. The lowest BCUT2D eigenvalue weighted by Crippen LogP contribution is -2.50. The number of hydrogen-bond donors (Lipinski definition) is 3. The van der Waals surface area contributed by atoms with Gasteiger partial charge in [-0.05, 0) is 67.2 Å². The van der Waals surface area contributed by atoms with E-state index in [0.717, 1.165) is 58.8 Å². The number of aryl methyl sites for hydroxylation is 2. The van der Waals surface area contributed by atoms with Gasteiger partial charge in [-0.25, -0.2) is 4.98 Å². The molecule has 2 aliphatic rings. The SMILES string of the molecule is O=C(NCc1cc(Cc2ccccc2Cl)cs1)[C@H](O)[C@@H](O)C(=O)N1CCC[C@@H]1c1nc2c(s1)CCC2. The maximum Gasteiger partial charge on any atom is 0.255 e. The average Bonchev–Trinajstić information content (AvgIpc) is 3.66. The molecule has 36 heavy (non-hydrogen) atoms. The lowest BCUT2D eigenvalue weighted by atomic mass is 10.1. The number of thiazole rings is 1. The van der Waals surface area contributed by atoms with Gasteiger partial charge in [0.05, 0.1) is 18.3 Å². The highest BCUT2D eigenvalue weighted by Crippen LogP contribution is 2.38. The third kappa shape index (κ3) is 5.35. The first-order chi connectivity index (χ1) is 17.4. The topological polar surface area (TPSA) is 103 Å². The van der Waals surface area contributed by atoms with E-state index in [2.05, 4.69) is 5.32 Å². The molecule has 190 valence electrons. The third-order valence-corrected chi connectivity index (χ3v) is 9.36. The lowest BCUT2D eigenvalue weighted by Gasteiger charge is -2.27. The molecule has 0 unspecified atom stereocenters. The van der Waals surface area contributed by atoms with E-state index in [1.165, 1.54) is 16.2 Å². The minimum absolute atomic E-state index is 0.195. The average molecular weight is 546 g/mol. The molecule has 1 saturated heterocycles. The van der Waals surface area contributed by atoms with E-state index in [-0.39, 0.29) is 12.6 Å². The molecule has 0 bridgehead atoms. The molecule has 3 atom stereocenters. The summed E-state index contributed by atoms with van der Waals surface area (Å²) in [5, 5.41) is 27.2. The summed E-state index contributed by atoms with van der Waals surface area (Å²) < 4.78 is 0. The fraction of sp³-hybridized carbons (Fsp3) is 0.423. The van der Waals surface area contributed by atoms with Gasteiger partial charge in [0, 0.05) is 21.3 Å². The normalized spacial score (nSPS) is 18.8. The molecule has 1 aliphatic carbocycles. The predicted octanol–water partition coefficient (Wildman–Crippen LogP) is 3.64. The van der Waals surface area contributed by atoms with Crippen LogP contribution in [0.25, 0.3) is 0 Å². The maximum atomic E-state index is 13.0. The minimum atomic E-state index is -1.84. The Morgan fingerprint density at radius 2 is 2.03 bits per heavy atom. The Balaban J connectivity index is 1.16. The van der Waals surface area contributed by atoms with Crippen molar-refractivity contribution in [3.8, 4) is 0 Å². The molecular weight excluding hydrogens is 518 g/mol. The summed E-state index contributed by atoms with van der Waals surface area (Å²) in [4.78, 5) is 34.1. The van der Waals surface area contributed by atoms with Crippen LogP contribution in [0.5, 0.6) is 0 Å². The predicted molar refractivity (Wildman–Crippen MR) is 140 cm³/mol. The number of aliphatic hydroxyl groups excluding tert-OH is 2. The zero-order chi connectivity index (χ0) is 25.2. The molecule has 3 N–H and O–H groups in total. The van der Waals surface area contributed by atoms with Crippen LogP contribution in [0.15, 0.2) is 35.7 Å². The molecule has 0 spiro atoms. The van der Waals surface area contributed by atoms with E-state index in [0.29, 0.717) is 18.0 Å². The van der Waals surface area contributed by atoms with E-state index in [9.17, 15) is 19.8 Å². The molecule has 0 saturated carbocycles. The highest BCUT2D eigenvalue weighted by atomic mass is 35.5. The van der Waals surface area contributed by atoms with E-state index >= 15 is 0 Å². The molecule has 7 nitrogen and oxygen atoms in total. The first-order valence-corrected chi connectivity index (χ1v) is 14.2. The molecule has 5 rings (SSSR count). The number of rotatable bonds is 8. The van der Waals surface area contributed by atoms with Crippen molar-refractivity contribution >= 4 is 46.1 Å². The van der Waals surface area contributed by atoms with Crippen LogP contribution < -0.4 is 5.32 Å². The molecule has 1 aromatic carbocycles. The molecular formula is C26H28ClN3O4S2. The summed E-state index contributed by atoms with van der Waals surface area (Å²) in [7, 11) is 0. The summed E-state index contributed by atoms with van der Waals surface area (Å²) in [6.07, 6.45) is 1.70. The second-order valence-electron chi connectivity index (χ2n) is 9.26. The standard InChI is InChI=1S/C26H28ClN3O4S2/c27-18-6-2-1-5-16(18)11-15-12-17(35-14-15)13-28-24(33)22(31)23(32)26(34)30-10-4-8-20(30)25-29-19-7-3-9-21(19)36-25/h1-2,5-6,12,14,20,22-23,31-32H,3-4,7-11,13H2,(H,28,33)/t20-,22-,23-/m1/s1. The van der Waals surface area contributed by atoms with E-state index in [1.54, 1.807) is 16.2 Å². The number of aliphatic hydroxyl groups is 2. The Kier molecular flexibility index (Phi) is 7.73. The molecule has 2 amide bonds. The van der Waals surface area contributed by atoms with Gasteiger partial charge in [-0.2, -0.15) is 0 Å². The number of carbonyl (C=O) groups is 2. The van der Waals surface area contributed by atoms with Crippen LogP contribution in [-0.2, 0) is 35.4 Å². The second-order valence-corrected chi connectivity index (χ2v) is 11.8. The third-order valence-electron chi connectivity index (χ3n) is 6.75. The molecule has 10 heteroatoms. The van der Waals surface area contributed by atoms with Gasteiger partial charge < -0.3 is 20.4 Å². The van der Waals surface area contributed by atoms with E-state index in [1.807, 2.05) is 35.7 Å².